The van der Waals surface area contributed by atoms with Gasteiger partial charge in [0.2, 0.25) is 11.8 Å². The molecule has 0 fully saturated rings. The van der Waals surface area contributed by atoms with Crippen LogP contribution in [0.15, 0.2) is 4.42 Å². The Hall–Kier alpha value is -0.550. The van der Waals surface area contributed by atoms with Crippen LogP contribution in [0.2, 0.25) is 0 Å². The van der Waals surface area contributed by atoms with E-state index in [0.717, 1.165) is 18.8 Å². The first-order valence-corrected chi connectivity index (χ1v) is 5.69. The Labute approximate surface area is 88.4 Å². The number of ether oxygens (including phenoxy) is 1. The first-order chi connectivity index (χ1) is 6.74. The van der Waals surface area contributed by atoms with Crippen LogP contribution in [0, 0.1) is 6.92 Å². The van der Waals surface area contributed by atoms with Gasteiger partial charge in [-0.05, 0) is 19.1 Å². The molecule has 0 spiro atoms. The van der Waals surface area contributed by atoms with Crippen molar-refractivity contribution in [3.8, 4) is 0 Å². The van der Waals surface area contributed by atoms with E-state index in [1.54, 1.807) is 25.8 Å². The Kier molecular flexibility index (Phi) is 4.97. The lowest BCUT2D eigenvalue weighted by atomic mass is 10.5. The Morgan fingerprint density at radius 1 is 1.50 bits per heavy atom. The van der Waals surface area contributed by atoms with Gasteiger partial charge in [0.25, 0.3) is 0 Å². The molecule has 1 atom stereocenters. The minimum atomic E-state index is 0.271. The van der Waals surface area contributed by atoms with Gasteiger partial charge in [0, 0.05) is 20.6 Å². The Morgan fingerprint density at radius 2 is 2.29 bits per heavy atom. The van der Waals surface area contributed by atoms with Gasteiger partial charge in [-0.3, -0.25) is 0 Å². The molecular weight excluding hydrogens is 200 g/mol. The molecule has 0 bridgehead atoms. The third kappa shape index (κ3) is 3.67. The number of aromatic nitrogens is 2. The highest BCUT2D eigenvalue weighted by Crippen LogP contribution is 2.27. The van der Waals surface area contributed by atoms with Crippen molar-refractivity contribution in [1.29, 1.82) is 0 Å². The van der Waals surface area contributed by atoms with Crippen molar-refractivity contribution in [3.63, 3.8) is 0 Å². The summed E-state index contributed by atoms with van der Waals surface area (Å²) in [5.41, 5.74) is 0. The summed E-state index contributed by atoms with van der Waals surface area (Å²) in [6.07, 6.45) is 1.05. The minimum absolute atomic E-state index is 0.271. The number of hydrogen-bond acceptors (Lipinski definition) is 5. The smallest absolute Gasteiger partial charge is 0.229 e. The van der Waals surface area contributed by atoms with Crippen molar-refractivity contribution in [2.75, 3.05) is 19.5 Å². The summed E-state index contributed by atoms with van der Waals surface area (Å²) in [5.74, 6) is 2.39. The van der Waals surface area contributed by atoms with Crippen LogP contribution >= 0.6 is 11.8 Å². The number of methoxy groups -OCH3 is 1. The van der Waals surface area contributed by atoms with E-state index in [2.05, 4.69) is 17.1 Å². The molecule has 1 heterocycles. The number of hydrogen-bond donors (Lipinski definition) is 0. The monoisotopic (exact) mass is 216 g/mol. The van der Waals surface area contributed by atoms with Crippen molar-refractivity contribution in [3.05, 3.63) is 11.8 Å². The fourth-order valence-electron chi connectivity index (χ4n) is 1.01. The van der Waals surface area contributed by atoms with Gasteiger partial charge < -0.3 is 9.15 Å². The van der Waals surface area contributed by atoms with Crippen molar-refractivity contribution in [2.45, 2.75) is 25.5 Å². The molecule has 4 nitrogen and oxygen atoms in total. The quantitative estimate of drug-likeness (QED) is 0.682. The van der Waals surface area contributed by atoms with Crippen molar-refractivity contribution < 1.29 is 9.15 Å². The topological polar surface area (TPSA) is 48.2 Å². The van der Waals surface area contributed by atoms with E-state index in [4.69, 9.17) is 9.15 Å². The van der Waals surface area contributed by atoms with Crippen LogP contribution < -0.4 is 0 Å². The van der Waals surface area contributed by atoms with Crippen LogP contribution in [0.1, 0.15) is 30.4 Å². The zero-order valence-electron chi connectivity index (χ0n) is 8.82. The maximum absolute atomic E-state index is 5.33. The second-order valence-corrected chi connectivity index (χ2v) is 4.47. The van der Waals surface area contributed by atoms with E-state index < -0.39 is 0 Å². The SMILES string of the molecule is COCCCS[C@@H](C)c1nnc(C)o1. The third-order valence-corrected chi connectivity index (χ3v) is 2.98. The van der Waals surface area contributed by atoms with E-state index in [-0.39, 0.29) is 5.25 Å². The van der Waals surface area contributed by atoms with Crippen molar-refractivity contribution in [2.24, 2.45) is 0 Å². The Morgan fingerprint density at radius 3 is 2.86 bits per heavy atom. The lowest BCUT2D eigenvalue weighted by Crippen LogP contribution is -1.94. The summed E-state index contributed by atoms with van der Waals surface area (Å²) in [5, 5.41) is 8.04. The molecule has 1 aromatic rings. The van der Waals surface area contributed by atoms with Crippen LogP contribution in [0.3, 0.4) is 0 Å². The predicted octanol–water partition coefficient (Wildman–Crippen LogP) is 2.21. The van der Waals surface area contributed by atoms with Gasteiger partial charge >= 0.3 is 0 Å². The molecule has 0 N–H and O–H groups in total. The summed E-state index contributed by atoms with van der Waals surface area (Å²) < 4.78 is 10.3. The molecule has 1 aromatic heterocycles. The summed E-state index contributed by atoms with van der Waals surface area (Å²) in [6.45, 7) is 4.69. The van der Waals surface area contributed by atoms with E-state index in [0.29, 0.717) is 11.8 Å². The highest BCUT2D eigenvalue weighted by molar-refractivity contribution is 7.99. The van der Waals surface area contributed by atoms with Gasteiger partial charge in [0.05, 0.1) is 5.25 Å². The normalized spacial score (nSPS) is 13.1. The second-order valence-electron chi connectivity index (χ2n) is 3.02. The summed E-state index contributed by atoms with van der Waals surface area (Å²) in [7, 11) is 1.72. The van der Waals surface area contributed by atoms with Gasteiger partial charge in [0.1, 0.15) is 0 Å². The molecule has 0 aliphatic carbocycles. The first kappa shape index (κ1) is 11.5. The molecule has 0 unspecified atom stereocenters. The second kappa shape index (κ2) is 6.03. The molecule has 14 heavy (non-hydrogen) atoms. The molecule has 0 aliphatic heterocycles. The van der Waals surface area contributed by atoms with Gasteiger partial charge in [-0.15, -0.1) is 22.0 Å². The maximum Gasteiger partial charge on any atom is 0.229 e. The van der Waals surface area contributed by atoms with E-state index in [1.165, 1.54) is 0 Å². The molecule has 0 aromatic carbocycles. The highest BCUT2D eigenvalue weighted by Gasteiger charge is 2.12. The largest absolute Gasteiger partial charge is 0.424 e. The Bertz CT molecular complexity index is 265. The van der Waals surface area contributed by atoms with Crippen LogP contribution in [0.5, 0.6) is 0 Å². The summed E-state index contributed by atoms with van der Waals surface area (Å²) in [4.78, 5) is 0. The first-order valence-electron chi connectivity index (χ1n) is 4.64. The predicted molar refractivity (Wildman–Crippen MR) is 56.4 cm³/mol. The summed E-state index contributed by atoms with van der Waals surface area (Å²) in [6, 6.07) is 0. The number of thioether (sulfide) groups is 1. The molecule has 0 amide bonds. The number of aryl methyl sites for hydroxylation is 1. The minimum Gasteiger partial charge on any atom is -0.424 e. The van der Waals surface area contributed by atoms with Gasteiger partial charge in [0.15, 0.2) is 0 Å². The highest BCUT2D eigenvalue weighted by atomic mass is 32.2. The third-order valence-electron chi connectivity index (χ3n) is 1.75. The van der Waals surface area contributed by atoms with E-state index in [1.807, 2.05) is 0 Å². The fourth-order valence-corrected chi connectivity index (χ4v) is 1.89. The van der Waals surface area contributed by atoms with Crippen LogP contribution in [-0.4, -0.2) is 29.7 Å². The van der Waals surface area contributed by atoms with Crippen LogP contribution in [-0.2, 0) is 4.74 Å². The molecule has 80 valence electrons. The van der Waals surface area contributed by atoms with Crippen molar-refractivity contribution in [1.82, 2.24) is 10.2 Å². The van der Waals surface area contributed by atoms with Crippen LogP contribution in [0.4, 0.5) is 0 Å². The zero-order valence-corrected chi connectivity index (χ0v) is 9.63. The zero-order chi connectivity index (χ0) is 10.4. The average molecular weight is 216 g/mol. The van der Waals surface area contributed by atoms with Crippen LogP contribution in [0.25, 0.3) is 0 Å². The Balaban J connectivity index is 2.25. The van der Waals surface area contributed by atoms with E-state index in [9.17, 15) is 0 Å². The molecular formula is C9H16N2O2S. The lowest BCUT2D eigenvalue weighted by molar-refractivity contribution is 0.200. The van der Waals surface area contributed by atoms with Crippen molar-refractivity contribution >= 4 is 11.8 Å². The molecule has 0 radical (unpaired) electrons. The van der Waals surface area contributed by atoms with E-state index >= 15 is 0 Å². The molecule has 0 saturated heterocycles. The molecule has 5 heteroatoms. The number of nitrogens with zero attached hydrogens (tertiary/aromatic N) is 2. The average Bonchev–Trinajstić information content (AvgIpc) is 2.59. The van der Waals surface area contributed by atoms with Gasteiger partial charge in [-0.25, -0.2) is 0 Å². The van der Waals surface area contributed by atoms with Gasteiger partial charge in [-0.1, -0.05) is 0 Å². The maximum atomic E-state index is 5.33. The molecule has 0 saturated carbocycles. The lowest BCUT2D eigenvalue weighted by Gasteiger charge is -2.05. The molecule has 0 aliphatic rings. The fraction of sp³-hybridized carbons (Fsp3) is 0.778. The standard InChI is InChI=1S/C9H16N2O2S/c1-7(14-6-4-5-12-3)9-11-10-8(2)13-9/h7H,4-6H2,1-3H3/t7-/m0/s1. The van der Waals surface area contributed by atoms with Gasteiger partial charge in [-0.2, -0.15) is 0 Å². The number of rotatable bonds is 6. The molecule has 1 rings (SSSR count). The summed E-state index contributed by atoms with van der Waals surface area (Å²) >= 11 is 1.81.